The highest BCUT2D eigenvalue weighted by molar-refractivity contribution is 4.46. The van der Waals surface area contributed by atoms with Crippen LogP contribution in [-0.4, -0.2) is 39.3 Å². The molecule has 0 rings (SSSR count). The van der Waals surface area contributed by atoms with Crippen LogP contribution in [0.1, 0.15) is 6.92 Å². The van der Waals surface area contributed by atoms with Crippen LogP contribution in [0.15, 0.2) is 0 Å². The molecule has 1 unspecified atom stereocenters. The molecule has 0 aromatic heterocycles. The van der Waals surface area contributed by atoms with Crippen molar-refractivity contribution in [2.75, 3.05) is 33.2 Å². The van der Waals surface area contributed by atoms with Crippen molar-refractivity contribution in [2.45, 2.75) is 13.0 Å². The zero-order chi connectivity index (χ0) is 8.53. The summed E-state index contributed by atoms with van der Waals surface area (Å²) in [6.45, 7) is 1.27. The van der Waals surface area contributed by atoms with Crippen molar-refractivity contribution in [3.05, 3.63) is 0 Å². The normalized spacial score (nSPS) is 13.4. The third-order valence-corrected chi connectivity index (χ3v) is 1.05. The van der Waals surface area contributed by atoms with Gasteiger partial charge in [-0.2, -0.15) is 0 Å². The van der Waals surface area contributed by atoms with E-state index in [1.165, 1.54) is 0 Å². The lowest BCUT2D eigenvalue weighted by atomic mass is 10.4. The van der Waals surface area contributed by atoms with Crippen LogP contribution in [0.2, 0.25) is 0 Å². The van der Waals surface area contributed by atoms with Crippen molar-refractivity contribution in [2.24, 2.45) is 0 Å². The molecule has 1 atom stereocenters. The molecule has 0 aliphatic heterocycles. The summed E-state index contributed by atoms with van der Waals surface area (Å²) in [6.07, 6.45) is -0.155. The van der Waals surface area contributed by atoms with Crippen molar-refractivity contribution in [1.29, 1.82) is 0 Å². The molecule has 0 radical (unpaired) electrons. The molecule has 0 saturated carbocycles. The van der Waals surface area contributed by atoms with Gasteiger partial charge in [0.15, 0.2) is 0 Å². The summed E-state index contributed by atoms with van der Waals surface area (Å²) in [4.78, 5) is 0. The molecular formula is C7H14F2O2. The van der Waals surface area contributed by atoms with E-state index in [0.29, 0.717) is 6.61 Å². The van der Waals surface area contributed by atoms with Gasteiger partial charge in [-0.25, -0.2) is 8.78 Å². The van der Waals surface area contributed by atoms with Crippen molar-refractivity contribution < 1.29 is 18.3 Å². The molecule has 0 saturated heterocycles. The van der Waals surface area contributed by atoms with E-state index in [9.17, 15) is 8.78 Å². The van der Waals surface area contributed by atoms with Gasteiger partial charge in [0.05, 0.1) is 25.9 Å². The number of hydrogen-bond donors (Lipinski definition) is 0. The second-order valence-electron chi connectivity index (χ2n) is 2.13. The molecule has 11 heavy (non-hydrogen) atoms. The average Bonchev–Trinajstić information content (AvgIpc) is 2.01. The van der Waals surface area contributed by atoms with E-state index >= 15 is 0 Å². The molecule has 0 fully saturated rings. The summed E-state index contributed by atoms with van der Waals surface area (Å²) < 4.78 is 32.7. The van der Waals surface area contributed by atoms with Gasteiger partial charge in [0.25, 0.3) is 0 Å². The predicted molar refractivity (Wildman–Crippen MR) is 38.2 cm³/mol. The Morgan fingerprint density at radius 1 is 1.18 bits per heavy atom. The molecular weight excluding hydrogens is 154 g/mol. The SMILES string of the molecule is CC(COCCF)OCCF. The Bertz CT molecular complexity index is 80.8. The van der Waals surface area contributed by atoms with Crippen LogP contribution in [0.5, 0.6) is 0 Å². The summed E-state index contributed by atoms with van der Waals surface area (Å²) in [5, 5.41) is 0. The Labute approximate surface area is 65.5 Å². The number of rotatable bonds is 7. The summed E-state index contributed by atoms with van der Waals surface area (Å²) in [6, 6.07) is 0. The third kappa shape index (κ3) is 7.68. The molecule has 0 bridgehead atoms. The summed E-state index contributed by atoms with van der Waals surface area (Å²) in [7, 11) is 0. The molecule has 0 N–H and O–H groups in total. The fourth-order valence-electron chi connectivity index (χ4n) is 0.598. The Balaban J connectivity index is 3.02. The van der Waals surface area contributed by atoms with Gasteiger partial charge >= 0.3 is 0 Å². The van der Waals surface area contributed by atoms with E-state index in [0.717, 1.165) is 0 Å². The van der Waals surface area contributed by atoms with E-state index in [2.05, 4.69) is 0 Å². The first-order chi connectivity index (χ1) is 5.31. The third-order valence-electron chi connectivity index (χ3n) is 1.05. The average molecular weight is 168 g/mol. The van der Waals surface area contributed by atoms with E-state index in [4.69, 9.17) is 9.47 Å². The molecule has 68 valence electrons. The fourth-order valence-corrected chi connectivity index (χ4v) is 0.598. The minimum atomic E-state index is -0.493. The highest BCUT2D eigenvalue weighted by Gasteiger charge is 2.00. The number of halogens is 2. The fraction of sp³-hybridized carbons (Fsp3) is 1.00. The Kier molecular flexibility index (Phi) is 7.72. The maximum absolute atomic E-state index is 11.5. The second kappa shape index (κ2) is 7.88. The highest BCUT2D eigenvalue weighted by atomic mass is 19.1. The first kappa shape index (κ1) is 10.8. The molecule has 0 aromatic rings. The van der Waals surface area contributed by atoms with Gasteiger partial charge in [-0.05, 0) is 6.92 Å². The van der Waals surface area contributed by atoms with Crippen LogP contribution >= 0.6 is 0 Å². The molecule has 0 amide bonds. The Morgan fingerprint density at radius 2 is 1.82 bits per heavy atom. The summed E-state index contributed by atoms with van der Waals surface area (Å²) in [5.74, 6) is 0. The number of alkyl halides is 2. The van der Waals surface area contributed by atoms with Crippen LogP contribution in [-0.2, 0) is 9.47 Å². The van der Waals surface area contributed by atoms with Gasteiger partial charge in [0.2, 0.25) is 0 Å². The zero-order valence-corrected chi connectivity index (χ0v) is 6.69. The molecule has 0 heterocycles. The smallest absolute Gasteiger partial charge is 0.113 e. The highest BCUT2D eigenvalue weighted by Crippen LogP contribution is 1.91. The van der Waals surface area contributed by atoms with E-state index in [1.807, 2.05) is 0 Å². The van der Waals surface area contributed by atoms with Crippen LogP contribution < -0.4 is 0 Å². The van der Waals surface area contributed by atoms with Crippen molar-refractivity contribution in [3.63, 3.8) is 0 Å². The van der Waals surface area contributed by atoms with Crippen molar-refractivity contribution in [1.82, 2.24) is 0 Å². The monoisotopic (exact) mass is 168 g/mol. The first-order valence-corrected chi connectivity index (χ1v) is 3.62. The minimum absolute atomic E-state index is 0.0835. The Hall–Kier alpha value is -0.220. The van der Waals surface area contributed by atoms with Crippen LogP contribution in [0.3, 0.4) is 0 Å². The molecule has 4 heteroatoms. The molecule has 2 nitrogen and oxygen atoms in total. The van der Waals surface area contributed by atoms with Crippen LogP contribution in [0.4, 0.5) is 8.78 Å². The zero-order valence-electron chi connectivity index (χ0n) is 6.69. The van der Waals surface area contributed by atoms with Gasteiger partial charge in [0, 0.05) is 0 Å². The van der Waals surface area contributed by atoms with Crippen LogP contribution in [0, 0.1) is 0 Å². The van der Waals surface area contributed by atoms with Crippen molar-refractivity contribution in [3.8, 4) is 0 Å². The maximum Gasteiger partial charge on any atom is 0.113 e. The topological polar surface area (TPSA) is 18.5 Å². The quantitative estimate of drug-likeness (QED) is 0.534. The largest absolute Gasteiger partial charge is 0.376 e. The van der Waals surface area contributed by atoms with E-state index in [-0.39, 0.29) is 19.3 Å². The van der Waals surface area contributed by atoms with Gasteiger partial charge in [-0.3, -0.25) is 0 Å². The lowest BCUT2D eigenvalue weighted by molar-refractivity contribution is -0.0131. The van der Waals surface area contributed by atoms with Gasteiger partial charge in [0.1, 0.15) is 13.3 Å². The number of hydrogen-bond acceptors (Lipinski definition) is 2. The summed E-state index contributed by atoms with van der Waals surface area (Å²) >= 11 is 0. The lowest BCUT2D eigenvalue weighted by Crippen LogP contribution is -2.18. The van der Waals surface area contributed by atoms with Gasteiger partial charge in [-0.1, -0.05) is 0 Å². The van der Waals surface area contributed by atoms with E-state index in [1.54, 1.807) is 6.92 Å². The maximum atomic E-state index is 11.5. The second-order valence-corrected chi connectivity index (χ2v) is 2.13. The van der Waals surface area contributed by atoms with E-state index < -0.39 is 13.3 Å². The Morgan fingerprint density at radius 3 is 2.36 bits per heavy atom. The van der Waals surface area contributed by atoms with Crippen LogP contribution in [0.25, 0.3) is 0 Å². The molecule has 0 aliphatic carbocycles. The molecule has 0 aromatic carbocycles. The molecule has 0 aliphatic rings. The standard InChI is InChI=1S/C7H14F2O2/c1-7(11-5-3-9)6-10-4-2-8/h7H,2-6H2,1H3. The van der Waals surface area contributed by atoms with Gasteiger partial charge < -0.3 is 9.47 Å². The predicted octanol–water partition coefficient (Wildman–Crippen LogP) is 1.35. The number of ether oxygens (including phenoxy) is 2. The first-order valence-electron chi connectivity index (χ1n) is 3.62. The minimum Gasteiger partial charge on any atom is -0.376 e. The lowest BCUT2D eigenvalue weighted by Gasteiger charge is -2.10. The van der Waals surface area contributed by atoms with Gasteiger partial charge in [-0.15, -0.1) is 0 Å². The van der Waals surface area contributed by atoms with Crippen molar-refractivity contribution >= 4 is 0 Å². The molecule has 0 spiro atoms. The summed E-state index contributed by atoms with van der Waals surface area (Å²) in [5.41, 5.74) is 0.